The Morgan fingerprint density at radius 3 is 2.30 bits per heavy atom. The molecule has 0 bridgehead atoms. The molecule has 0 aliphatic carbocycles. The molecule has 0 unspecified atom stereocenters. The van der Waals surface area contributed by atoms with Crippen LogP contribution in [0.25, 0.3) is 22.2 Å². The highest BCUT2D eigenvalue weighted by molar-refractivity contribution is 5.85. The van der Waals surface area contributed by atoms with Crippen molar-refractivity contribution in [3.63, 3.8) is 0 Å². The van der Waals surface area contributed by atoms with Crippen molar-refractivity contribution in [1.29, 1.82) is 0 Å². The van der Waals surface area contributed by atoms with Gasteiger partial charge in [0.15, 0.2) is 0 Å². The fraction of sp³-hybridized carbons (Fsp3) is 0.286. The van der Waals surface area contributed by atoms with E-state index in [-0.39, 0.29) is 5.82 Å². The van der Waals surface area contributed by atoms with Crippen molar-refractivity contribution in [2.75, 3.05) is 0 Å². The van der Waals surface area contributed by atoms with Gasteiger partial charge in [-0.05, 0) is 62.1 Å². The molecule has 1 aromatic heterocycles. The Morgan fingerprint density at radius 1 is 0.957 bits per heavy atom. The molecule has 0 radical (unpaired) electrons. The second-order valence-corrected chi connectivity index (χ2v) is 6.76. The summed E-state index contributed by atoms with van der Waals surface area (Å²) in [6.07, 6.45) is 0.730. The van der Waals surface area contributed by atoms with E-state index in [1.807, 2.05) is 12.1 Å². The smallest absolute Gasteiger partial charge is 0.127 e. The highest BCUT2D eigenvalue weighted by atomic mass is 19.1. The lowest BCUT2D eigenvalue weighted by atomic mass is 9.97. The molecule has 0 fully saturated rings. The van der Waals surface area contributed by atoms with Gasteiger partial charge < -0.3 is 0 Å². The van der Waals surface area contributed by atoms with Gasteiger partial charge in [-0.25, -0.2) is 9.37 Å². The number of hydrogen-bond acceptors (Lipinski definition) is 1. The molecular weight excluding hydrogens is 285 g/mol. The largest absolute Gasteiger partial charge is 0.248 e. The third-order valence-electron chi connectivity index (χ3n) is 4.06. The number of halogens is 1. The van der Waals surface area contributed by atoms with Gasteiger partial charge in [0.05, 0.1) is 11.2 Å². The van der Waals surface area contributed by atoms with E-state index in [0.29, 0.717) is 5.92 Å². The molecule has 1 nitrogen and oxygen atoms in total. The number of aryl methyl sites for hydroxylation is 2. The van der Waals surface area contributed by atoms with Gasteiger partial charge in [0.2, 0.25) is 0 Å². The number of pyridine rings is 1. The third kappa shape index (κ3) is 3.26. The third-order valence-corrected chi connectivity index (χ3v) is 4.06. The average molecular weight is 307 g/mol. The van der Waals surface area contributed by atoms with E-state index in [9.17, 15) is 4.39 Å². The molecule has 3 rings (SSSR count). The summed E-state index contributed by atoms with van der Waals surface area (Å²) in [5, 5.41) is 0.923. The number of fused-ring (bicyclic) bond motifs is 1. The number of aromatic nitrogens is 1. The minimum Gasteiger partial charge on any atom is -0.248 e. The predicted octanol–water partition coefficient (Wildman–Crippen LogP) is 5.86. The molecule has 0 aliphatic heterocycles. The van der Waals surface area contributed by atoms with E-state index in [1.165, 1.54) is 11.1 Å². The van der Waals surface area contributed by atoms with Crippen LogP contribution in [0.15, 0.2) is 42.5 Å². The molecule has 0 saturated heterocycles. The van der Waals surface area contributed by atoms with Crippen LogP contribution in [0.2, 0.25) is 0 Å². The van der Waals surface area contributed by atoms with Crippen LogP contribution in [-0.4, -0.2) is 4.98 Å². The Morgan fingerprint density at radius 2 is 1.65 bits per heavy atom. The summed E-state index contributed by atoms with van der Waals surface area (Å²) in [6, 6.07) is 13.8. The Balaban J connectivity index is 2.14. The lowest BCUT2D eigenvalue weighted by molar-refractivity contribution is 0.578. The maximum atomic E-state index is 14.2. The van der Waals surface area contributed by atoms with E-state index >= 15 is 0 Å². The molecule has 23 heavy (non-hydrogen) atoms. The summed E-state index contributed by atoms with van der Waals surface area (Å²) < 4.78 is 14.2. The number of nitrogens with zero attached hydrogens (tertiary/aromatic N) is 1. The van der Waals surface area contributed by atoms with Crippen LogP contribution in [0, 0.1) is 25.6 Å². The molecular formula is C21H22FN. The van der Waals surface area contributed by atoms with Crippen LogP contribution in [-0.2, 0) is 6.42 Å². The van der Waals surface area contributed by atoms with Gasteiger partial charge in [-0.3, -0.25) is 0 Å². The number of benzene rings is 2. The maximum Gasteiger partial charge on any atom is 0.127 e. The molecule has 0 saturated carbocycles. The molecule has 0 atom stereocenters. The zero-order chi connectivity index (χ0) is 16.6. The molecule has 2 aromatic carbocycles. The Kier molecular flexibility index (Phi) is 4.16. The van der Waals surface area contributed by atoms with Gasteiger partial charge in [-0.2, -0.15) is 0 Å². The fourth-order valence-corrected chi connectivity index (χ4v) is 3.14. The first-order valence-corrected chi connectivity index (χ1v) is 8.11. The van der Waals surface area contributed by atoms with Crippen LogP contribution in [0.3, 0.4) is 0 Å². The van der Waals surface area contributed by atoms with E-state index in [1.54, 1.807) is 12.1 Å². The molecule has 0 amide bonds. The van der Waals surface area contributed by atoms with Gasteiger partial charge in [-0.15, -0.1) is 0 Å². The maximum absolute atomic E-state index is 14.2. The lowest BCUT2D eigenvalue weighted by Crippen LogP contribution is -2.00. The molecule has 0 spiro atoms. The van der Waals surface area contributed by atoms with Crippen LogP contribution in [0.4, 0.5) is 4.39 Å². The van der Waals surface area contributed by atoms with Crippen molar-refractivity contribution >= 4 is 10.9 Å². The first-order valence-electron chi connectivity index (χ1n) is 8.11. The summed E-state index contributed by atoms with van der Waals surface area (Å²) in [5.74, 6) is 0.279. The minimum absolute atomic E-state index is 0.132. The Bertz CT molecular complexity index is 845. The molecule has 3 aromatic rings. The summed E-state index contributed by atoms with van der Waals surface area (Å²) in [7, 11) is 0. The fourth-order valence-electron chi connectivity index (χ4n) is 3.14. The minimum atomic E-state index is -0.132. The SMILES string of the molecule is Cc1cc(C)cc(-c2ccc3c(CC(C)C)c(F)ccc3n2)c1. The zero-order valence-corrected chi connectivity index (χ0v) is 14.2. The van der Waals surface area contributed by atoms with Crippen LogP contribution in [0.5, 0.6) is 0 Å². The first-order chi connectivity index (χ1) is 10.9. The molecule has 0 N–H and O–H groups in total. The topological polar surface area (TPSA) is 12.9 Å². The summed E-state index contributed by atoms with van der Waals surface area (Å²) >= 11 is 0. The lowest BCUT2D eigenvalue weighted by Gasteiger charge is -2.11. The van der Waals surface area contributed by atoms with Gasteiger partial charge in [0.1, 0.15) is 5.82 Å². The Hall–Kier alpha value is -2.22. The van der Waals surface area contributed by atoms with Crippen molar-refractivity contribution in [3.05, 3.63) is 65.0 Å². The Labute approximate surface area is 137 Å². The zero-order valence-electron chi connectivity index (χ0n) is 14.2. The molecule has 1 heterocycles. The quantitative estimate of drug-likeness (QED) is 0.591. The van der Waals surface area contributed by atoms with E-state index in [0.717, 1.165) is 34.1 Å². The van der Waals surface area contributed by atoms with Crippen LogP contribution < -0.4 is 0 Å². The molecule has 118 valence electrons. The van der Waals surface area contributed by atoms with E-state index < -0.39 is 0 Å². The molecule has 2 heteroatoms. The highest BCUT2D eigenvalue weighted by Crippen LogP contribution is 2.27. The number of hydrogen-bond donors (Lipinski definition) is 0. The second-order valence-electron chi connectivity index (χ2n) is 6.76. The summed E-state index contributed by atoms with van der Waals surface area (Å²) in [4.78, 5) is 4.77. The van der Waals surface area contributed by atoms with Crippen molar-refractivity contribution in [3.8, 4) is 11.3 Å². The highest BCUT2D eigenvalue weighted by Gasteiger charge is 2.11. The summed E-state index contributed by atoms with van der Waals surface area (Å²) in [5.41, 5.74) is 6.13. The number of rotatable bonds is 3. The second kappa shape index (κ2) is 6.11. The van der Waals surface area contributed by atoms with Crippen LogP contribution in [0.1, 0.15) is 30.5 Å². The van der Waals surface area contributed by atoms with E-state index in [2.05, 4.69) is 45.9 Å². The van der Waals surface area contributed by atoms with Gasteiger partial charge in [0.25, 0.3) is 0 Å². The predicted molar refractivity (Wildman–Crippen MR) is 95.2 cm³/mol. The van der Waals surface area contributed by atoms with Crippen molar-refractivity contribution in [2.45, 2.75) is 34.1 Å². The van der Waals surface area contributed by atoms with Crippen molar-refractivity contribution in [1.82, 2.24) is 4.98 Å². The first kappa shape index (κ1) is 15.7. The van der Waals surface area contributed by atoms with Crippen LogP contribution >= 0.6 is 0 Å². The molecule has 0 aliphatic rings. The van der Waals surface area contributed by atoms with Crippen molar-refractivity contribution in [2.24, 2.45) is 5.92 Å². The normalized spacial score (nSPS) is 11.4. The summed E-state index contributed by atoms with van der Waals surface area (Å²) in [6.45, 7) is 8.40. The van der Waals surface area contributed by atoms with E-state index in [4.69, 9.17) is 4.98 Å². The monoisotopic (exact) mass is 307 g/mol. The van der Waals surface area contributed by atoms with Gasteiger partial charge in [-0.1, -0.05) is 37.1 Å². The van der Waals surface area contributed by atoms with Gasteiger partial charge >= 0.3 is 0 Å². The average Bonchev–Trinajstić information content (AvgIpc) is 2.48. The van der Waals surface area contributed by atoms with Crippen molar-refractivity contribution < 1.29 is 4.39 Å². The standard InChI is InChI=1S/C21H22FN/c1-13(2)9-18-17-5-7-20(23-21(17)8-6-19(18)22)16-11-14(3)10-15(4)12-16/h5-8,10-13H,9H2,1-4H3. The van der Waals surface area contributed by atoms with Gasteiger partial charge in [0, 0.05) is 10.9 Å².